The number of hydrogen-bond acceptors (Lipinski definition) is 3. The summed E-state index contributed by atoms with van der Waals surface area (Å²) in [7, 11) is 0. The highest BCUT2D eigenvalue weighted by molar-refractivity contribution is 5.99. The lowest BCUT2D eigenvalue weighted by Gasteiger charge is -2.39. The van der Waals surface area contributed by atoms with Crippen LogP contribution in [0.2, 0.25) is 0 Å². The largest absolute Gasteiger partial charge is 0.434 e. The zero-order valence-corrected chi connectivity index (χ0v) is 11.8. The predicted octanol–water partition coefficient (Wildman–Crippen LogP) is 2.56. The van der Waals surface area contributed by atoms with Crippen LogP contribution in [-0.2, 0) is 13.1 Å². The van der Waals surface area contributed by atoms with Crippen LogP contribution in [0.3, 0.4) is 0 Å². The minimum absolute atomic E-state index is 0.0939. The maximum Gasteiger partial charge on any atom is 0.387 e. The maximum atomic E-state index is 12.5. The summed E-state index contributed by atoms with van der Waals surface area (Å²) in [6.45, 7) is 0.0306. The van der Waals surface area contributed by atoms with E-state index in [9.17, 15) is 13.6 Å². The summed E-state index contributed by atoms with van der Waals surface area (Å²) < 4.78 is 29.6. The molecule has 2 N–H and O–H groups in total. The van der Waals surface area contributed by atoms with Crippen molar-refractivity contribution in [2.75, 3.05) is 0 Å². The van der Waals surface area contributed by atoms with Crippen LogP contribution in [-0.4, -0.2) is 18.1 Å². The average molecular weight is 296 g/mol. The van der Waals surface area contributed by atoms with Crippen molar-refractivity contribution in [1.82, 2.24) is 10.6 Å². The first-order chi connectivity index (χ1) is 9.97. The molecule has 0 unspecified atom stereocenters. The zero-order chi connectivity index (χ0) is 15.0. The Bertz CT molecular complexity index is 571. The third-order valence-corrected chi connectivity index (χ3v) is 4.33. The molecule has 0 radical (unpaired) electrons. The molecule has 1 heterocycles. The Morgan fingerprint density at radius 3 is 2.81 bits per heavy atom. The van der Waals surface area contributed by atoms with Crippen LogP contribution in [0, 0.1) is 0 Å². The molecule has 2 aliphatic rings. The third-order valence-electron chi connectivity index (χ3n) is 4.33. The summed E-state index contributed by atoms with van der Waals surface area (Å²) in [5.41, 5.74) is 1.85. The average Bonchev–Trinajstić information content (AvgIpc) is 2.76. The summed E-state index contributed by atoms with van der Waals surface area (Å²) in [5, 5.41) is 6.06. The summed E-state index contributed by atoms with van der Waals surface area (Å²) in [6.07, 6.45) is 3.42. The van der Waals surface area contributed by atoms with Gasteiger partial charge in [0, 0.05) is 29.8 Å². The van der Waals surface area contributed by atoms with Crippen molar-refractivity contribution >= 4 is 5.91 Å². The lowest BCUT2D eigenvalue weighted by Crippen LogP contribution is -2.47. The molecule has 3 rings (SSSR count). The molecule has 1 aromatic carbocycles. The van der Waals surface area contributed by atoms with E-state index in [2.05, 4.69) is 22.3 Å². The molecule has 0 saturated heterocycles. The van der Waals surface area contributed by atoms with Gasteiger partial charge in [0.05, 0.1) is 0 Å². The van der Waals surface area contributed by atoms with Crippen LogP contribution in [0.15, 0.2) is 12.1 Å². The molecule has 1 aliphatic carbocycles. The highest BCUT2D eigenvalue weighted by Crippen LogP contribution is 2.33. The van der Waals surface area contributed by atoms with Gasteiger partial charge in [-0.05, 0) is 43.9 Å². The van der Waals surface area contributed by atoms with E-state index in [0.29, 0.717) is 17.7 Å². The van der Waals surface area contributed by atoms with E-state index in [1.54, 1.807) is 12.1 Å². The molecular formula is C15H18F2N2O2. The molecule has 1 fully saturated rings. The summed E-state index contributed by atoms with van der Waals surface area (Å²) in [4.78, 5) is 11.7. The second kappa shape index (κ2) is 5.26. The van der Waals surface area contributed by atoms with Crippen molar-refractivity contribution in [1.29, 1.82) is 0 Å². The Hall–Kier alpha value is -1.69. The van der Waals surface area contributed by atoms with Gasteiger partial charge in [0.2, 0.25) is 0 Å². The summed E-state index contributed by atoms with van der Waals surface area (Å²) in [5.74, 6) is -0.141. The number of ether oxygens (including phenoxy) is 1. The molecule has 1 saturated carbocycles. The lowest BCUT2D eigenvalue weighted by atomic mass is 9.78. The Labute approximate surface area is 121 Å². The van der Waals surface area contributed by atoms with Crippen LogP contribution in [0.5, 0.6) is 5.75 Å². The van der Waals surface area contributed by atoms with Crippen LogP contribution in [0.25, 0.3) is 0 Å². The van der Waals surface area contributed by atoms with Gasteiger partial charge in [-0.1, -0.05) is 0 Å². The molecule has 1 aromatic rings. The molecule has 4 nitrogen and oxygen atoms in total. The normalized spacial score (nSPS) is 19.1. The van der Waals surface area contributed by atoms with E-state index in [1.807, 2.05) is 0 Å². The number of nitrogens with one attached hydrogen (secondary N) is 2. The highest BCUT2D eigenvalue weighted by Gasteiger charge is 2.31. The first kappa shape index (κ1) is 14.3. The van der Waals surface area contributed by atoms with Gasteiger partial charge < -0.3 is 15.4 Å². The third kappa shape index (κ3) is 2.85. The quantitative estimate of drug-likeness (QED) is 0.878. The van der Waals surface area contributed by atoms with Crippen molar-refractivity contribution in [3.05, 3.63) is 28.8 Å². The van der Waals surface area contributed by atoms with Crippen LogP contribution >= 0.6 is 0 Å². The Morgan fingerprint density at radius 2 is 2.19 bits per heavy atom. The summed E-state index contributed by atoms with van der Waals surface area (Å²) >= 11 is 0. The standard InChI is InChI=1S/C15H18F2N2O2/c1-15(3-2-4-15)19-7-9-5-10-11(8-18-13(10)20)12(6-9)21-14(16)17/h5-6,14,19H,2-4,7-8H2,1H3,(H,18,20). The van der Waals surface area contributed by atoms with Crippen LogP contribution < -0.4 is 15.4 Å². The van der Waals surface area contributed by atoms with Gasteiger partial charge in [-0.3, -0.25) is 4.79 Å². The predicted molar refractivity (Wildman–Crippen MR) is 73.3 cm³/mol. The molecule has 0 spiro atoms. The number of rotatable bonds is 5. The van der Waals surface area contributed by atoms with Gasteiger partial charge in [0.15, 0.2) is 0 Å². The molecule has 0 aromatic heterocycles. The summed E-state index contributed by atoms with van der Waals surface area (Å²) in [6, 6.07) is 3.35. The van der Waals surface area contributed by atoms with E-state index in [0.717, 1.165) is 18.4 Å². The van der Waals surface area contributed by atoms with E-state index in [1.165, 1.54) is 6.42 Å². The van der Waals surface area contributed by atoms with Crippen molar-refractivity contribution in [2.24, 2.45) is 0 Å². The Morgan fingerprint density at radius 1 is 1.43 bits per heavy atom. The number of amides is 1. The SMILES string of the molecule is CC1(NCc2cc(OC(F)F)c3c(c2)C(=O)NC3)CCC1. The number of fused-ring (bicyclic) bond motifs is 1. The van der Waals surface area contributed by atoms with Crippen molar-refractivity contribution in [3.8, 4) is 5.75 Å². The van der Waals surface area contributed by atoms with Gasteiger partial charge in [-0.25, -0.2) is 0 Å². The van der Waals surface area contributed by atoms with Crippen LogP contribution in [0.4, 0.5) is 8.78 Å². The number of carbonyl (C=O) groups excluding carboxylic acids is 1. The number of benzene rings is 1. The zero-order valence-electron chi connectivity index (χ0n) is 11.8. The molecule has 21 heavy (non-hydrogen) atoms. The lowest BCUT2D eigenvalue weighted by molar-refractivity contribution is -0.0504. The van der Waals surface area contributed by atoms with Gasteiger partial charge in [-0.15, -0.1) is 0 Å². The fraction of sp³-hybridized carbons (Fsp3) is 0.533. The van der Waals surface area contributed by atoms with E-state index in [-0.39, 0.29) is 23.7 Å². The first-order valence-electron chi connectivity index (χ1n) is 7.11. The number of carbonyl (C=O) groups is 1. The molecule has 114 valence electrons. The molecule has 0 bridgehead atoms. The highest BCUT2D eigenvalue weighted by atomic mass is 19.3. The minimum atomic E-state index is -2.89. The monoisotopic (exact) mass is 296 g/mol. The fourth-order valence-corrected chi connectivity index (χ4v) is 2.85. The van der Waals surface area contributed by atoms with Crippen molar-refractivity contribution in [3.63, 3.8) is 0 Å². The smallest absolute Gasteiger partial charge is 0.387 e. The van der Waals surface area contributed by atoms with Gasteiger partial charge in [0.1, 0.15) is 5.75 Å². The fourth-order valence-electron chi connectivity index (χ4n) is 2.85. The van der Waals surface area contributed by atoms with Gasteiger partial charge in [0.25, 0.3) is 5.91 Å². The van der Waals surface area contributed by atoms with E-state index in [4.69, 9.17) is 0 Å². The number of alkyl halides is 2. The topological polar surface area (TPSA) is 50.4 Å². The van der Waals surface area contributed by atoms with E-state index >= 15 is 0 Å². The molecule has 0 atom stereocenters. The Kier molecular flexibility index (Phi) is 3.57. The second-order valence-corrected chi connectivity index (χ2v) is 5.95. The molecule has 1 aliphatic heterocycles. The van der Waals surface area contributed by atoms with Crippen molar-refractivity contribution < 1.29 is 18.3 Å². The maximum absolute atomic E-state index is 12.5. The Balaban J connectivity index is 1.83. The van der Waals surface area contributed by atoms with Gasteiger partial charge >= 0.3 is 6.61 Å². The van der Waals surface area contributed by atoms with Crippen LogP contribution in [0.1, 0.15) is 47.7 Å². The molecule has 6 heteroatoms. The van der Waals surface area contributed by atoms with Crippen molar-refractivity contribution in [2.45, 2.75) is 51.4 Å². The first-order valence-corrected chi connectivity index (χ1v) is 7.11. The molecule has 1 amide bonds. The van der Waals surface area contributed by atoms with E-state index < -0.39 is 6.61 Å². The second-order valence-electron chi connectivity index (χ2n) is 5.95. The minimum Gasteiger partial charge on any atom is -0.434 e. The number of hydrogen-bond donors (Lipinski definition) is 2. The van der Waals surface area contributed by atoms with Gasteiger partial charge in [-0.2, -0.15) is 8.78 Å². The molecular weight excluding hydrogens is 278 g/mol. The number of halogens is 2.